The first-order valence-electron chi connectivity index (χ1n) is 5.81. The second-order valence-corrected chi connectivity index (χ2v) is 3.60. The molecule has 0 spiro atoms. The lowest BCUT2D eigenvalue weighted by atomic mass is 10.1. The Kier molecular flexibility index (Phi) is 5.95. The fraction of sp³-hybridized carbons (Fsp3) is 0.462. The number of carbonyl (C=O) groups excluding carboxylic acids is 1. The zero-order valence-electron chi connectivity index (χ0n) is 11.5. The van der Waals surface area contributed by atoms with E-state index in [1.807, 2.05) is 6.92 Å². The molecule has 1 aromatic carbocycles. The van der Waals surface area contributed by atoms with Crippen LogP contribution in [0.1, 0.15) is 23.7 Å². The van der Waals surface area contributed by atoms with Crippen LogP contribution in [0.25, 0.3) is 0 Å². The van der Waals surface area contributed by atoms with E-state index in [9.17, 15) is 4.79 Å². The van der Waals surface area contributed by atoms with Crippen LogP contribution in [-0.2, 0) is 9.78 Å². The molecule has 6 heteroatoms. The lowest BCUT2D eigenvalue weighted by Crippen LogP contribution is -2.09. The highest BCUT2D eigenvalue weighted by Gasteiger charge is 2.19. The van der Waals surface area contributed by atoms with Gasteiger partial charge in [-0.05, 0) is 6.42 Å². The van der Waals surface area contributed by atoms with E-state index in [-0.39, 0.29) is 5.56 Å². The van der Waals surface area contributed by atoms with Gasteiger partial charge in [0.05, 0.1) is 27.9 Å². The number of rotatable bonds is 7. The summed E-state index contributed by atoms with van der Waals surface area (Å²) in [5.41, 5.74) is 0.205. The molecule has 0 heterocycles. The van der Waals surface area contributed by atoms with Gasteiger partial charge in [0.25, 0.3) is 0 Å². The normalized spacial score (nSPS) is 9.89. The fourth-order valence-corrected chi connectivity index (χ4v) is 1.41. The Hall–Kier alpha value is -1.95. The summed E-state index contributed by atoms with van der Waals surface area (Å²) >= 11 is 0. The SMILES string of the molecule is CCCOOC(=O)c1cc(OC)c(OC)cc1OC. The maximum Gasteiger partial charge on any atom is 0.376 e. The van der Waals surface area contributed by atoms with E-state index in [1.54, 1.807) is 6.07 Å². The molecule has 0 fully saturated rings. The molecule has 19 heavy (non-hydrogen) atoms. The highest BCUT2D eigenvalue weighted by molar-refractivity contribution is 5.93. The average Bonchev–Trinajstić information content (AvgIpc) is 2.45. The van der Waals surface area contributed by atoms with Gasteiger partial charge in [0.2, 0.25) is 0 Å². The Bertz CT molecular complexity index is 429. The van der Waals surface area contributed by atoms with E-state index >= 15 is 0 Å². The van der Waals surface area contributed by atoms with Crippen LogP contribution in [0.3, 0.4) is 0 Å². The van der Waals surface area contributed by atoms with Crippen molar-refractivity contribution in [3.05, 3.63) is 17.7 Å². The van der Waals surface area contributed by atoms with Gasteiger partial charge in [-0.1, -0.05) is 6.92 Å². The molecule has 1 aromatic rings. The monoisotopic (exact) mass is 270 g/mol. The lowest BCUT2D eigenvalue weighted by molar-refractivity contribution is -0.240. The van der Waals surface area contributed by atoms with Crippen molar-refractivity contribution in [2.75, 3.05) is 27.9 Å². The van der Waals surface area contributed by atoms with Gasteiger partial charge in [-0.15, -0.1) is 0 Å². The Morgan fingerprint density at radius 3 is 2.11 bits per heavy atom. The average molecular weight is 270 g/mol. The van der Waals surface area contributed by atoms with Crippen LogP contribution in [0, 0.1) is 0 Å². The fourth-order valence-electron chi connectivity index (χ4n) is 1.41. The molecule has 0 N–H and O–H groups in total. The van der Waals surface area contributed by atoms with Crippen LogP contribution in [0.2, 0.25) is 0 Å². The first kappa shape index (κ1) is 15.1. The Morgan fingerprint density at radius 2 is 1.58 bits per heavy atom. The van der Waals surface area contributed by atoms with E-state index in [0.29, 0.717) is 23.9 Å². The van der Waals surface area contributed by atoms with Gasteiger partial charge in [0, 0.05) is 12.1 Å². The highest BCUT2D eigenvalue weighted by Crippen LogP contribution is 2.34. The molecule has 1 rings (SSSR count). The summed E-state index contributed by atoms with van der Waals surface area (Å²) in [4.78, 5) is 21.3. The largest absolute Gasteiger partial charge is 0.496 e. The van der Waals surface area contributed by atoms with Crippen molar-refractivity contribution in [1.29, 1.82) is 0 Å². The molecular formula is C13H18O6. The summed E-state index contributed by atoms with van der Waals surface area (Å²) in [6, 6.07) is 3.03. The van der Waals surface area contributed by atoms with Gasteiger partial charge < -0.3 is 14.2 Å². The third-order valence-electron chi connectivity index (χ3n) is 2.35. The third-order valence-corrected chi connectivity index (χ3v) is 2.35. The quantitative estimate of drug-likeness (QED) is 0.430. The van der Waals surface area contributed by atoms with Crippen molar-refractivity contribution < 1.29 is 28.8 Å². The summed E-state index contributed by atoms with van der Waals surface area (Å²) in [7, 11) is 4.43. The number of carbonyl (C=O) groups is 1. The molecule has 0 aliphatic heterocycles. The summed E-state index contributed by atoms with van der Waals surface area (Å²) in [5, 5.41) is 0. The maximum absolute atomic E-state index is 11.8. The molecule has 0 saturated carbocycles. The summed E-state index contributed by atoms with van der Waals surface area (Å²) in [6.45, 7) is 2.24. The van der Waals surface area contributed by atoms with Gasteiger partial charge >= 0.3 is 5.97 Å². The van der Waals surface area contributed by atoms with Gasteiger partial charge in [-0.3, -0.25) is 4.89 Å². The number of ether oxygens (including phenoxy) is 3. The molecule has 0 aromatic heterocycles. The van der Waals surface area contributed by atoms with E-state index in [4.69, 9.17) is 19.1 Å². The van der Waals surface area contributed by atoms with Crippen molar-refractivity contribution >= 4 is 5.97 Å². The minimum Gasteiger partial charge on any atom is -0.496 e. The van der Waals surface area contributed by atoms with Crippen LogP contribution < -0.4 is 14.2 Å². The number of methoxy groups -OCH3 is 3. The minimum atomic E-state index is -0.647. The Labute approximate surface area is 112 Å². The molecule has 0 unspecified atom stereocenters. The van der Waals surface area contributed by atoms with Gasteiger partial charge in [-0.25, -0.2) is 4.79 Å². The third kappa shape index (κ3) is 3.75. The van der Waals surface area contributed by atoms with Crippen molar-refractivity contribution in [2.45, 2.75) is 13.3 Å². The molecule has 0 amide bonds. The summed E-state index contributed by atoms with van der Waals surface area (Å²) < 4.78 is 15.4. The highest BCUT2D eigenvalue weighted by atomic mass is 17.2. The molecule has 0 saturated heterocycles. The van der Waals surface area contributed by atoms with Crippen LogP contribution in [0.5, 0.6) is 17.2 Å². The Morgan fingerprint density at radius 1 is 1.00 bits per heavy atom. The van der Waals surface area contributed by atoms with Crippen molar-refractivity contribution in [3.8, 4) is 17.2 Å². The molecule has 0 radical (unpaired) electrons. The first-order chi connectivity index (χ1) is 9.17. The van der Waals surface area contributed by atoms with Crippen molar-refractivity contribution in [3.63, 3.8) is 0 Å². The number of benzene rings is 1. The van der Waals surface area contributed by atoms with Crippen molar-refractivity contribution in [1.82, 2.24) is 0 Å². The Balaban J connectivity index is 3.00. The molecular weight excluding hydrogens is 252 g/mol. The topological polar surface area (TPSA) is 63.2 Å². The zero-order chi connectivity index (χ0) is 14.3. The predicted molar refractivity (Wildman–Crippen MR) is 67.8 cm³/mol. The van der Waals surface area contributed by atoms with Crippen molar-refractivity contribution in [2.24, 2.45) is 0 Å². The van der Waals surface area contributed by atoms with Gasteiger partial charge in [-0.2, -0.15) is 4.89 Å². The van der Waals surface area contributed by atoms with E-state index in [2.05, 4.69) is 4.89 Å². The minimum absolute atomic E-state index is 0.205. The number of hydrogen-bond acceptors (Lipinski definition) is 6. The molecule has 0 aliphatic rings. The van der Waals surface area contributed by atoms with Gasteiger partial charge in [0.15, 0.2) is 11.5 Å². The molecule has 0 aliphatic carbocycles. The van der Waals surface area contributed by atoms with E-state index < -0.39 is 5.97 Å². The van der Waals surface area contributed by atoms with E-state index in [1.165, 1.54) is 27.4 Å². The van der Waals surface area contributed by atoms with Crippen LogP contribution in [0.15, 0.2) is 12.1 Å². The first-order valence-corrected chi connectivity index (χ1v) is 5.81. The molecule has 6 nitrogen and oxygen atoms in total. The second-order valence-electron chi connectivity index (χ2n) is 3.60. The van der Waals surface area contributed by atoms with Crippen LogP contribution in [-0.4, -0.2) is 33.9 Å². The maximum atomic E-state index is 11.8. The predicted octanol–water partition coefficient (Wildman–Crippen LogP) is 2.21. The summed E-state index contributed by atoms with van der Waals surface area (Å²) in [6.07, 6.45) is 0.746. The van der Waals surface area contributed by atoms with Crippen LogP contribution in [0.4, 0.5) is 0 Å². The second kappa shape index (κ2) is 7.48. The zero-order valence-corrected chi connectivity index (χ0v) is 11.5. The number of hydrogen-bond donors (Lipinski definition) is 0. The standard InChI is InChI=1S/C13H18O6/c1-5-6-18-19-13(14)9-7-11(16-3)12(17-4)8-10(9)15-2/h7-8H,5-6H2,1-4H3. The lowest BCUT2D eigenvalue weighted by Gasteiger charge is -2.12. The summed E-state index contributed by atoms with van der Waals surface area (Å²) in [5.74, 6) is 0.546. The smallest absolute Gasteiger partial charge is 0.376 e. The van der Waals surface area contributed by atoms with Crippen LogP contribution >= 0.6 is 0 Å². The molecule has 106 valence electrons. The molecule has 0 bridgehead atoms. The van der Waals surface area contributed by atoms with E-state index in [0.717, 1.165) is 6.42 Å². The van der Waals surface area contributed by atoms with Gasteiger partial charge in [0.1, 0.15) is 11.3 Å². The molecule has 0 atom stereocenters.